The zero-order valence-electron chi connectivity index (χ0n) is 17.8. The highest BCUT2D eigenvalue weighted by Crippen LogP contribution is 2.33. The van der Waals surface area contributed by atoms with Crippen LogP contribution in [-0.2, 0) is 9.59 Å². The van der Waals surface area contributed by atoms with Crippen molar-refractivity contribution in [1.82, 2.24) is 5.32 Å². The molecule has 0 aromatic heterocycles. The van der Waals surface area contributed by atoms with Crippen molar-refractivity contribution in [2.75, 3.05) is 4.90 Å². The predicted molar refractivity (Wildman–Crippen MR) is 125 cm³/mol. The summed E-state index contributed by atoms with van der Waals surface area (Å²) in [6, 6.07) is 15.4. The Labute approximate surface area is 190 Å². The Morgan fingerprint density at radius 2 is 1.75 bits per heavy atom. The van der Waals surface area contributed by atoms with Crippen LogP contribution < -0.4 is 15.0 Å². The lowest BCUT2D eigenvalue weighted by Crippen LogP contribution is -2.54. The summed E-state index contributed by atoms with van der Waals surface area (Å²) >= 11 is 6.19. The third-order valence-corrected chi connectivity index (χ3v) is 5.57. The third-order valence-electron chi connectivity index (χ3n) is 5.16. The van der Waals surface area contributed by atoms with Gasteiger partial charge in [-0.1, -0.05) is 48.0 Å². The molecule has 1 aliphatic heterocycles. The topological polar surface area (TPSA) is 75.7 Å². The lowest BCUT2D eigenvalue weighted by Gasteiger charge is -2.28. The van der Waals surface area contributed by atoms with Gasteiger partial charge in [0.25, 0.3) is 11.8 Å². The first-order chi connectivity index (χ1) is 15.3. The van der Waals surface area contributed by atoms with Gasteiger partial charge in [0, 0.05) is 10.6 Å². The van der Waals surface area contributed by atoms with Crippen LogP contribution in [0.5, 0.6) is 5.75 Å². The zero-order chi connectivity index (χ0) is 23.0. The number of amides is 4. The fourth-order valence-electron chi connectivity index (χ4n) is 3.64. The van der Waals surface area contributed by atoms with Crippen molar-refractivity contribution < 1.29 is 19.1 Å². The van der Waals surface area contributed by atoms with Crippen molar-refractivity contribution in [2.45, 2.75) is 26.9 Å². The number of ether oxygens (including phenoxy) is 1. The molecule has 0 saturated carbocycles. The molecule has 0 atom stereocenters. The summed E-state index contributed by atoms with van der Waals surface area (Å²) in [6.07, 6.45) is 1.37. The fourth-order valence-corrected chi connectivity index (χ4v) is 3.81. The number of imide groups is 2. The second kappa shape index (κ2) is 8.48. The Hall–Kier alpha value is -3.64. The highest BCUT2D eigenvalue weighted by molar-refractivity contribution is 6.40. The van der Waals surface area contributed by atoms with Gasteiger partial charge in [-0.2, -0.15) is 0 Å². The molecule has 0 aliphatic carbocycles. The predicted octanol–water partition coefficient (Wildman–Crippen LogP) is 5.26. The Bertz CT molecular complexity index is 1300. The summed E-state index contributed by atoms with van der Waals surface area (Å²) in [5.74, 6) is -0.957. The second-order valence-electron chi connectivity index (χ2n) is 7.71. The van der Waals surface area contributed by atoms with Gasteiger partial charge in [-0.25, -0.2) is 9.69 Å². The molecular formula is C25H21ClN2O4. The monoisotopic (exact) mass is 448 g/mol. The number of carbonyl (C=O) groups excluding carboxylic acids is 3. The normalized spacial score (nSPS) is 15.6. The van der Waals surface area contributed by atoms with E-state index in [1.165, 1.54) is 6.08 Å². The Morgan fingerprint density at radius 1 is 1.00 bits per heavy atom. The minimum absolute atomic E-state index is 0.114. The fraction of sp³-hybridized carbons (Fsp3) is 0.160. The van der Waals surface area contributed by atoms with Gasteiger partial charge < -0.3 is 4.74 Å². The highest BCUT2D eigenvalue weighted by atomic mass is 35.5. The molecule has 1 N–H and O–H groups in total. The standard InChI is InChI=1S/C25H21ClN2O4/c1-14(2)32-22-12-11-16-7-4-5-8-17(16)18(22)13-19-23(29)27-25(31)28(24(19)30)21-10-6-9-20(26)15(21)3/h4-14H,1-3H3,(H,27,29,31)/b19-13+. The first-order valence-corrected chi connectivity index (χ1v) is 10.5. The van der Waals surface area contributed by atoms with Gasteiger partial charge in [0.15, 0.2) is 0 Å². The lowest BCUT2D eigenvalue weighted by atomic mass is 9.99. The SMILES string of the molecule is Cc1c(Cl)cccc1N1C(=O)NC(=O)/C(=C\c2c(OC(C)C)ccc3ccccc23)C1=O. The molecule has 6 nitrogen and oxygen atoms in total. The summed E-state index contributed by atoms with van der Waals surface area (Å²) in [6.45, 7) is 5.50. The molecule has 1 fully saturated rings. The van der Waals surface area contributed by atoms with E-state index in [-0.39, 0.29) is 11.7 Å². The largest absolute Gasteiger partial charge is 0.490 e. The zero-order valence-corrected chi connectivity index (χ0v) is 18.6. The maximum Gasteiger partial charge on any atom is 0.335 e. The average Bonchev–Trinajstić information content (AvgIpc) is 2.74. The first-order valence-electron chi connectivity index (χ1n) is 10.1. The first kappa shape index (κ1) is 21.6. The molecule has 162 valence electrons. The quantitative estimate of drug-likeness (QED) is 0.436. The summed E-state index contributed by atoms with van der Waals surface area (Å²) in [4.78, 5) is 39.6. The van der Waals surface area contributed by atoms with E-state index in [1.54, 1.807) is 25.1 Å². The van der Waals surface area contributed by atoms with Gasteiger partial charge in [-0.05, 0) is 61.4 Å². The van der Waals surface area contributed by atoms with Crippen molar-refractivity contribution in [2.24, 2.45) is 0 Å². The third kappa shape index (κ3) is 3.85. The van der Waals surface area contributed by atoms with Gasteiger partial charge in [-0.3, -0.25) is 14.9 Å². The van der Waals surface area contributed by atoms with Gasteiger partial charge in [-0.15, -0.1) is 0 Å². The summed E-state index contributed by atoms with van der Waals surface area (Å²) in [5, 5.41) is 4.42. The van der Waals surface area contributed by atoms with Crippen molar-refractivity contribution in [3.05, 3.63) is 76.3 Å². The minimum Gasteiger partial charge on any atom is -0.490 e. The van der Waals surface area contributed by atoms with Crippen LogP contribution in [0.4, 0.5) is 10.5 Å². The molecule has 0 spiro atoms. The van der Waals surface area contributed by atoms with E-state index in [0.717, 1.165) is 15.7 Å². The van der Waals surface area contributed by atoms with Gasteiger partial charge in [0.05, 0.1) is 11.8 Å². The number of anilines is 1. The van der Waals surface area contributed by atoms with E-state index in [2.05, 4.69) is 5.32 Å². The van der Waals surface area contributed by atoms with Gasteiger partial charge >= 0.3 is 6.03 Å². The van der Waals surface area contributed by atoms with E-state index in [0.29, 0.717) is 27.6 Å². The molecule has 0 radical (unpaired) electrons. The van der Waals surface area contributed by atoms with Crippen LogP contribution in [0.25, 0.3) is 16.8 Å². The number of halogens is 1. The van der Waals surface area contributed by atoms with E-state index in [1.807, 2.05) is 50.2 Å². The number of carbonyl (C=O) groups is 3. The molecular weight excluding hydrogens is 428 g/mol. The van der Waals surface area contributed by atoms with Crippen LogP contribution in [0, 0.1) is 6.92 Å². The number of urea groups is 1. The number of hydrogen-bond acceptors (Lipinski definition) is 4. The van der Waals surface area contributed by atoms with Gasteiger partial charge in [0.2, 0.25) is 0 Å². The van der Waals surface area contributed by atoms with E-state index in [4.69, 9.17) is 16.3 Å². The van der Waals surface area contributed by atoms with Crippen molar-refractivity contribution in [3.8, 4) is 5.75 Å². The smallest absolute Gasteiger partial charge is 0.335 e. The molecule has 0 bridgehead atoms. The molecule has 4 rings (SSSR count). The summed E-state index contributed by atoms with van der Waals surface area (Å²) < 4.78 is 5.95. The van der Waals surface area contributed by atoms with Crippen LogP contribution in [-0.4, -0.2) is 23.9 Å². The van der Waals surface area contributed by atoms with E-state index >= 15 is 0 Å². The van der Waals surface area contributed by atoms with Crippen LogP contribution in [0.2, 0.25) is 5.02 Å². The average molecular weight is 449 g/mol. The van der Waals surface area contributed by atoms with Crippen LogP contribution in [0.1, 0.15) is 25.0 Å². The molecule has 1 saturated heterocycles. The molecule has 1 aliphatic rings. The molecule has 32 heavy (non-hydrogen) atoms. The molecule has 7 heteroatoms. The van der Waals surface area contributed by atoms with E-state index < -0.39 is 17.8 Å². The maximum atomic E-state index is 13.4. The maximum absolute atomic E-state index is 13.4. The number of hydrogen-bond donors (Lipinski definition) is 1. The Morgan fingerprint density at radius 3 is 2.50 bits per heavy atom. The number of fused-ring (bicyclic) bond motifs is 1. The molecule has 3 aromatic rings. The van der Waals surface area contributed by atoms with Crippen LogP contribution in [0.3, 0.4) is 0 Å². The molecule has 0 unspecified atom stereocenters. The number of nitrogens with one attached hydrogen (secondary N) is 1. The number of nitrogens with zero attached hydrogens (tertiary/aromatic N) is 1. The Balaban J connectivity index is 1.89. The molecule has 1 heterocycles. The molecule has 4 amide bonds. The highest BCUT2D eigenvalue weighted by Gasteiger charge is 2.38. The Kier molecular flexibility index (Phi) is 5.72. The number of benzene rings is 3. The van der Waals surface area contributed by atoms with Crippen LogP contribution >= 0.6 is 11.6 Å². The minimum atomic E-state index is -0.820. The summed E-state index contributed by atoms with van der Waals surface area (Å²) in [5.41, 5.74) is 1.29. The lowest BCUT2D eigenvalue weighted by molar-refractivity contribution is -0.122. The van der Waals surface area contributed by atoms with E-state index in [9.17, 15) is 14.4 Å². The van der Waals surface area contributed by atoms with Crippen molar-refractivity contribution in [3.63, 3.8) is 0 Å². The number of rotatable bonds is 4. The van der Waals surface area contributed by atoms with Crippen molar-refractivity contribution >= 4 is 52.0 Å². The second-order valence-corrected chi connectivity index (χ2v) is 8.11. The summed E-state index contributed by atoms with van der Waals surface area (Å²) in [7, 11) is 0. The molecule has 3 aromatic carbocycles. The van der Waals surface area contributed by atoms with Crippen molar-refractivity contribution in [1.29, 1.82) is 0 Å². The van der Waals surface area contributed by atoms with Gasteiger partial charge in [0.1, 0.15) is 11.3 Å². The van der Waals surface area contributed by atoms with Crippen LogP contribution in [0.15, 0.2) is 60.2 Å². The number of barbiturate groups is 1.